The van der Waals surface area contributed by atoms with E-state index < -0.39 is 0 Å². The smallest absolute Gasteiger partial charge is 0.293 e. The predicted molar refractivity (Wildman–Crippen MR) is 111 cm³/mol. The minimum atomic E-state index is -0.369. The van der Waals surface area contributed by atoms with Gasteiger partial charge < -0.3 is 14.8 Å². The molecular formula is C21H20N2O5S. The summed E-state index contributed by atoms with van der Waals surface area (Å²) in [6, 6.07) is 13.9. The van der Waals surface area contributed by atoms with Crippen molar-refractivity contribution in [3.05, 3.63) is 64.6 Å². The third-order valence-corrected chi connectivity index (χ3v) is 5.15. The maximum Gasteiger partial charge on any atom is 0.293 e. The zero-order valence-corrected chi connectivity index (χ0v) is 16.8. The van der Waals surface area contributed by atoms with Gasteiger partial charge in [0.1, 0.15) is 11.5 Å². The van der Waals surface area contributed by atoms with Gasteiger partial charge in [0.2, 0.25) is 0 Å². The Morgan fingerprint density at radius 2 is 1.79 bits per heavy atom. The van der Waals surface area contributed by atoms with Gasteiger partial charge in [-0.05, 0) is 53.7 Å². The molecule has 2 aromatic rings. The molecule has 0 atom stereocenters. The van der Waals surface area contributed by atoms with Gasteiger partial charge in [0.05, 0.1) is 19.1 Å². The molecule has 1 saturated heterocycles. The standard InChI is InChI=1S/C21H20N2O5S/c1-27-16-8-6-14(7-9-16)12-18-20(25)23(21(26)29-18)11-10-22-19(24)15-4-3-5-17(13-15)28-2/h3-9,12-13H,10-11H2,1-2H3,(H,22,24)/b18-12-. The Kier molecular flexibility index (Phi) is 6.56. The van der Waals surface area contributed by atoms with Crippen molar-refractivity contribution in [1.29, 1.82) is 0 Å². The second-order valence-electron chi connectivity index (χ2n) is 6.09. The van der Waals surface area contributed by atoms with Crippen LogP contribution in [-0.4, -0.2) is 49.3 Å². The number of ether oxygens (including phenoxy) is 2. The molecule has 1 heterocycles. The first-order valence-electron chi connectivity index (χ1n) is 8.83. The first kappa shape index (κ1) is 20.5. The van der Waals surface area contributed by atoms with Gasteiger partial charge in [-0.3, -0.25) is 19.3 Å². The number of hydrogen-bond acceptors (Lipinski definition) is 6. The lowest BCUT2D eigenvalue weighted by atomic mass is 10.2. The molecule has 1 N–H and O–H groups in total. The molecule has 0 bridgehead atoms. The van der Waals surface area contributed by atoms with E-state index in [0.29, 0.717) is 22.0 Å². The van der Waals surface area contributed by atoms with E-state index in [-0.39, 0.29) is 30.1 Å². The highest BCUT2D eigenvalue weighted by molar-refractivity contribution is 8.18. The summed E-state index contributed by atoms with van der Waals surface area (Å²) in [6.07, 6.45) is 1.67. The number of benzene rings is 2. The topological polar surface area (TPSA) is 84.9 Å². The van der Waals surface area contributed by atoms with E-state index in [9.17, 15) is 14.4 Å². The molecule has 1 fully saturated rings. The first-order valence-corrected chi connectivity index (χ1v) is 9.65. The molecule has 7 nitrogen and oxygen atoms in total. The van der Waals surface area contributed by atoms with Gasteiger partial charge in [0.25, 0.3) is 17.1 Å². The fourth-order valence-corrected chi connectivity index (χ4v) is 3.56. The van der Waals surface area contributed by atoms with Gasteiger partial charge in [-0.15, -0.1) is 0 Å². The molecule has 3 rings (SSSR count). The Balaban J connectivity index is 1.58. The minimum absolute atomic E-state index is 0.0975. The quantitative estimate of drug-likeness (QED) is 0.703. The summed E-state index contributed by atoms with van der Waals surface area (Å²) >= 11 is 0.885. The highest BCUT2D eigenvalue weighted by atomic mass is 32.2. The molecule has 0 saturated carbocycles. The van der Waals surface area contributed by atoms with Crippen molar-refractivity contribution in [2.45, 2.75) is 0 Å². The Labute approximate surface area is 172 Å². The predicted octanol–water partition coefficient (Wildman–Crippen LogP) is 3.17. The Bertz CT molecular complexity index is 956. The van der Waals surface area contributed by atoms with Crippen molar-refractivity contribution in [3.63, 3.8) is 0 Å². The molecule has 8 heteroatoms. The molecule has 0 aromatic heterocycles. The third-order valence-electron chi connectivity index (χ3n) is 4.24. The van der Waals surface area contributed by atoms with Crippen LogP contribution in [0.4, 0.5) is 4.79 Å². The van der Waals surface area contributed by atoms with Crippen molar-refractivity contribution in [2.75, 3.05) is 27.3 Å². The van der Waals surface area contributed by atoms with Crippen LogP contribution in [0.3, 0.4) is 0 Å². The lowest BCUT2D eigenvalue weighted by molar-refractivity contribution is -0.122. The number of carbonyl (C=O) groups excluding carboxylic acids is 3. The second kappa shape index (κ2) is 9.29. The second-order valence-corrected chi connectivity index (χ2v) is 7.09. The van der Waals surface area contributed by atoms with Crippen LogP contribution in [0, 0.1) is 0 Å². The maximum atomic E-state index is 12.5. The van der Waals surface area contributed by atoms with E-state index in [1.54, 1.807) is 61.7 Å². The third kappa shape index (κ3) is 4.97. The van der Waals surface area contributed by atoms with Crippen molar-refractivity contribution < 1.29 is 23.9 Å². The van der Waals surface area contributed by atoms with Crippen LogP contribution in [0.25, 0.3) is 6.08 Å². The molecule has 1 aliphatic heterocycles. The number of thioether (sulfide) groups is 1. The number of rotatable bonds is 7. The number of nitrogens with one attached hydrogen (secondary N) is 1. The normalized spacial score (nSPS) is 15.0. The number of carbonyl (C=O) groups is 3. The fraction of sp³-hybridized carbons (Fsp3) is 0.190. The Hall–Kier alpha value is -3.26. The molecule has 0 spiro atoms. The summed E-state index contributed by atoms with van der Waals surface area (Å²) in [7, 11) is 3.10. The highest BCUT2D eigenvalue weighted by Gasteiger charge is 2.34. The fourth-order valence-electron chi connectivity index (χ4n) is 2.69. The summed E-state index contributed by atoms with van der Waals surface area (Å²) in [4.78, 5) is 38.4. The van der Waals surface area contributed by atoms with Crippen LogP contribution in [-0.2, 0) is 4.79 Å². The summed E-state index contributed by atoms with van der Waals surface area (Å²) in [5.41, 5.74) is 1.24. The Morgan fingerprint density at radius 3 is 2.48 bits per heavy atom. The van der Waals surface area contributed by atoms with Crippen LogP contribution >= 0.6 is 11.8 Å². The monoisotopic (exact) mass is 412 g/mol. The largest absolute Gasteiger partial charge is 0.497 e. The summed E-state index contributed by atoms with van der Waals surface area (Å²) < 4.78 is 10.2. The molecule has 1 aliphatic rings. The van der Waals surface area contributed by atoms with Crippen molar-refractivity contribution >= 4 is 34.9 Å². The molecular weight excluding hydrogens is 392 g/mol. The zero-order valence-electron chi connectivity index (χ0n) is 16.0. The van der Waals surface area contributed by atoms with Crippen LogP contribution in [0.15, 0.2) is 53.4 Å². The van der Waals surface area contributed by atoms with Crippen LogP contribution in [0.5, 0.6) is 11.5 Å². The van der Waals surface area contributed by atoms with Gasteiger partial charge in [0, 0.05) is 18.7 Å². The summed E-state index contributed by atoms with van der Waals surface area (Å²) in [5.74, 6) is 0.616. The van der Waals surface area contributed by atoms with E-state index >= 15 is 0 Å². The summed E-state index contributed by atoms with van der Waals surface area (Å²) in [5, 5.41) is 2.36. The van der Waals surface area contributed by atoms with Crippen LogP contribution in [0.1, 0.15) is 15.9 Å². The minimum Gasteiger partial charge on any atom is -0.497 e. The molecule has 150 valence electrons. The van der Waals surface area contributed by atoms with Crippen LogP contribution in [0.2, 0.25) is 0 Å². The van der Waals surface area contributed by atoms with Gasteiger partial charge in [0.15, 0.2) is 0 Å². The first-order chi connectivity index (χ1) is 14.0. The average molecular weight is 412 g/mol. The molecule has 29 heavy (non-hydrogen) atoms. The van der Waals surface area contributed by atoms with Gasteiger partial charge in [-0.2, -0.15) is 0 Å². The zero-order chi connectivity index (χ0) is 20.8. The molecule has 3 amide bonds. The molecule has 2 aromatic carbocycles. The molecule has 0 unspecified atom stereocenters. The van der Waals surface area contributed by atoms with Crippen LogP contribution < -0.4 is 14.8 Å². The van der Waals surface area contributed by atoms with E-state index in [0.717, 1.165) is 22.2 Å². The van der Waals surface area contributed by atoms with Gasteiger partial charge in [-0.1, -0.05) is 18.2 Å². The Morgan fingerprint density at radius 1 is 1.07 bits per heavy atom. The van der Waals surface area contributed by atoms with Crippen molar-refractivity contribution in [2.24, 2.45) is 0 Å². The lowest BCUT2D eigenvalue weighted by Gasteiger charge is -2.13. The highest BCUT2D eigenvalue weighted by Crippen LogP contribution is 2.32. The molecule has 0 aliphatic carbocycles. The van der Waals surface area contributed by atoms with Gasteiger partial charge >= 0.3 is 0 Å². The number of nitrogens with zero attached hydrogens (tertiary/aromatic N) is 1. The number of imide groups is 1. The SMILES string of the molecule is COc1ccc(/C=C2\SC(=O)N(CCNC(=O)c3cccc(OC)c3)C2=O)cc1. The van der Waals surface area contributed by atoms with Crippen molar-refractivity contribution in [3.8, 4) is 11.5 Å². The number of hydrogen-bond donors (Lipinski definition) is 1. The lowest BCUT2D eigenvalue weighted by Crippen LogP contribution is -2.37. The van der Waals surface area contributed by atoms with E-state index in [1.807, 2.05) is 0 Å². The van der Waals surface area contributed by atoms with Gasteiger partial charge in [-0.25, -0.2) is 0 Å². The van der Waals surface area contributed by atoms with E-state index in [1.165, 1.54) is 7.11 Å². The molecule has 0 radical (unpaired) electrons. The average Bonchev–Trinajstić information content (AvgIpc) is 3.01. The number of methoxy groups -OCH3 is 2. The number of amides is 3. The van der Waals surface area contributed by atoms with E-state index in [4.69, 9.17) is 9.47 Å². The maximum absolute atomic E-state index is 12.5. The van der Waals surface area contributed by atoms with Crippen molar-refractivity contribution in [1.82, 2.24) is 10.2 Å². The summed E-state index contributed by atoms with van der Waals surface area (Å²) in [6.45, 7) is 0.254. The van der Waals surface area contributed by atoms with E-state index in [2.05, 4.69) is 5.32 Å².